The Morgan fingerprint density at radius 2 is 1.70 bits per heavy atom. The summed E-state index contributed by atoms with van der Waals surface area (Å²) in [6, 6.07) is 18.6. The lowest BCUT2D eigenvalue weighted by Crippen LogP contribution is -2.35. The molecule has 3 unspecified atom stereocenters. The monoisotopic (exact) mass is 501 g/mol. The summed E-state index contributed by atoms with van der Waals surface area (Å²) in [6.07, 6.45) is 0.814. The first-order valence-electron chi connectivity index (χ1n) is 12.9. The molecule has 0 radical (unpaired) electrons. The van der Waals surface area contributed by atoms with E-state index in [0.717, 1.165) is 52.6 Å². The van der Waals surface area contributed by atoms with Crippen LogP contribution in [-0.4, -0.2) is 48.0 Å². The molecule has 37 heavy (non-hydrogen) atoms. The van der Waals surface area contributed by atoms with Gasteiger partial charge in [0.15, 0.2) is 0 Å². The number of fused-ring (bicyclic) bond motifs is 1. The van der Waals surface area contributed by atoms with Crippen LogP contribution in [0.2, 0.25) is 0 Å². The Bertz CT molecular complexity index is 1300. The van der Waals surface area contributed by atoms with E-state index in [4.69, 9.17) is 14.2 Å². The van der Waals surface area contributed by atoms with Gasteiger partial charge in [-0.05, 0) is 92.4 Å². The molecule has 0 aliphatic carbocycles. The Morgan fingerprint density at radius 3 is 2.38 bits per heavy atom. The van der Waals surface area contributed by atoms with Crippen LogP contribution in [0.4, 0.5) is 0 Å². The molecule has 6 nitrogen and oxygen atoms in total. The molecular weight excluding hydrogens is 466 g/mol. The molecule has 6 heteroatoms. The Morgan fingerprint density at radius 1 is 1.00 bits per heavy atom. The third-order valence-electron chi connectivity index (χ3n) is 7.50. The lowest BCUT2D eigenvalue weighted by atomic mass is 9.85. The molecule has 2 aliphatic heterocycles. The van der Waals surface area contributed by atoms with E-state index in [0.29, 0.717) is 24.1 Å². The largest absolute Gasteiger partial charge is 0.508 e. The first-order chi connectivity index (χ1) is 17.8. The van der Waals surface area contributed by atoms with Crippen molar-refractivity contribution in [3.63, 3.8) is 0 Å². The minimum atomic E-state index is -0.438. The lowest BCUT2D eigenvalue weighted by Gasteiger charge is -2.32. The number of phenolic OH excluding ortho intramolecular Hbond substituents is 2. The number of rotatable bonds is 7. The summed E-state index contributed by atoms with van der Waals surface area (Å²) in [5.74, 6) is 3.21. The molecule has 0 saturated carbocycles. The maximum absolute atomic E-state index is 10.3. The van der Waals surface area contributed by atoms with Crippen molar-refractivity contribution >= 4 is 11.1 Å². The Hall–Kier alpha value is -3.64. The van der Waals surface area contributed by atoms with E-state index in [-0.39, 0.29) is 11.5 Å². The summed E-state index contributed by atoms with van der Waals surface area (Å²) in [5, 5.41) is 20.4. The van der Waals surface area contributed by atoms with E-state index in [1.165, 1.54) is 6.42 Å². The number of allylic oxidation sites excluding steroid dienone is 1. The Balaban J connectivity index is 1.45. The number of hydrogen-bond donors (Lipinski definition) is 2. The highest BCUT2D eigenvalue weighted by Gasteiger charge is 2.31. The van der Waals surface area contributed by atoms with Crippen LogP contribution in [0.25, 0.3) is 11.1 Å². The topological polar surface area (TPSA) is 71.4 Å². The summed E-state index contributed by atoms with van der Waals surface area (Å²) < 4.78 is 18.3. The van der Waals surface area contributed by atoms with Crippen LogP contribution in [-0.2, 0) is 0 Å². The second-order valence-electron chi connectivity index (χ2n) is 10.2. The zero-order valence-corrected chi connectivity index (χ0v) is 21.9. The molecule has 3 aromatic carbocycles. The number of hydrogen-bond acceptors (Lipinski definition) is 6. The van der Waals surface area contributed by atoms with Gasteiger partial charge in [0, 0.05) is 29.3 Å². The lowest BCUT2D eigenvalue weighted by molar-refractivity contribution is 0.169. The standard InChI is InChI=1S/C31H35NO5/c1-19-13-14-32(17-19)20(2)18-36-25-9-5-22(6-10-25)31-30(27-16-24(34)7-11-28(27)35-4)21(3)26-15-23(33)8-12-29(26)37-31/h5-12,15-16,19-20,31,33-34H,13-14,17-18H2,1-4H3. The maximum Gasteiger partial charge on any atom is 0.150 e. The minimum absolute atomic E-state index is 0.141. The number of phenols is 2. The van der Waals surface area contributed by atoms with Crippen molar-refractivity contribution < 1.29 is 24.4 Å². The summed E-state index contributed by atoms with van der Waals surface area (Å²) in [5.41, 5.74) is 4.32. The predicted octanol–water partition coefficient (Wildman–Crippen LogP) is 6.28. The molecule has 2 aliphatic rings. The van der Waals surface area contributed by atoms with E-state index < -0.39 is 6.10 Å². The zero-order chi connectivity index (χ0) is 26.1. The van der Waals surface area contributed by atoms with Crippen molar-refractivity contribution in [2.24, 2.45) is 5.92 Å². The number of methoxy groups -OCH3 is 1. The van der Waals surface area contributed by atoms with Crippen molar-refractivity contribution in [1.82, 2.24) is 4.90 Å². The fraction of sp³-hybridized carbons (Fsp3) is 0.355. The predicted molar refractivity (Wildman–Crippen MR) is 145 cm³/mol. The maximum atomic E-state index is 10.3. The minimum Gasteiger partial charge on any atom is -0.508 e. The average Bonchev–Trinajstić information content (AvgIpc) is 3.34. The normalized spacial score (nSPS) is 20.3. The zero-order valence-electron chi connectivity index (χ0n) is 21.9. The van der Waals surface area contributed by atoms with Crippen LogP contribution in [0.5, 0.6) is 28.7 Å². The molecule has 1 fully saturated rings. The molecular formula is C31H35NO5. The summed E-state index contributed by atoms with van der Waals surface area (Å²) in [4.78, 5) is 2.49. The smallest absolute Gasteiger partial charge is 0.150 e. The first kappa shape index (κ1) is 25.0. The molecule has 3 aromatic rings. The highest BCUT2D eigenvalue weighted by atomic mass is 16.5. The van der Waals surface area contributed by atoms with Crippen LogP contribution in [0.3, 0.4) is 0 Å². The molecule has 0 bridgehead atoms. The third kappa shape index (κ3) is 5.12. The van der Waals surface area contributed by atoms with Gasteiger partial charge in [0.05, 0.1) is 7.11 Å². The van der Waals surface area contributed by atoms with Gasteiger partial charge >= 0.3 is 0 Å². The van der Waals surface area contributed by atoms with Crippen molar-refractivity contribution in [3.8, 4) is 28.7 Å². The highest BCUT2D eigenvalue weighted by Crippen LogP contribution is 2.49. The summed E-state index contributed by atoms with van der Waals surface area (Å²) in [7, 11) is 1.61. The number of likely N-dealkylation sites (tertiary alicyclic amines) is 1. The van der Waals surface area contributed by atoms with E-state index >= 15 is 0 Å². The SMILES string of the molecule is COc1ccc(O)cc1C1=C(C)c2cc(O)ccc2OC1c1ccc(OCC(C)N2CCC(C)C2)cc1. The molecule has 2 N–H and O–H groups in total. The number of aromatic hydroxyl groups is 2. The van der Waals surface area contributed by atoms with Gasteiger partial charge in [-0.3, -0.25) is 4.90 Å². The number of benzene rings is 3. The molecule has 1 saturated heterocycles. The van der Waals surface area contributed by atoms with Crippen LogP contribution in [0.1, 0.15) is 50.0 Å². The number of ether oxygens (including phenoxy) is 3. The van der Waals surface area contributed by atoms with Gasteiger partial charge < -0.3 is 24.4 Å². The van der Waals surface area contributed by atoms with Gasteiger partial charge in [0.25, 0.3) is 0 Å². The van der Waals surface area contributed by atoms with Gasteiger partial charge in [-0.2, -0.15) is 0 Å². The fourth-order valence-electron chi connectivity index (χ4n) is 5.36. The van der Waals surface area contributed by atoms with Gasteiger partial charge in [-0.15, -0.1) is 0 Å². The fourth-order valence-corrected chi connectivity index (χ4v) is 5.36. The van der Waals surface area contributed by atoms with Gasteiger partial charge in [-0.1, -0.05) is 19.1 Å². The molecule has 2 heterocycles. The van der Waals surface area contributed by atoms with Crippen LogP contribution >= 0.6 is 0 Å². The summed E-state index contributed by atoms with van der Waals surface area (Å²) >= 11 is 0. The van der Waals surface area contributed by atoms with Gasteiger partial charge in [0.2, 0.25) is 0 Å². The van der Waals surface area contributed by atoms with Crippen LogP contribution < -0.4 is 14.2 Å². The second kappa shape index (κ2) is 10.4. The van der Waals surface area contributed by atoms with Crippen LogP contribution in [0, 0.1) is 5.92 Å². The molecule has 0 amide bonds. The van der Waals surface area contributed by atoms with E-state index in [9.17, 15) is 10.2 Å². The van der Waals surface area contributed by atoms with Crippen molar-refractivity contribution in [2.75, 3.05) is 26.8 Å². The van der Waals surface area contributed by atoms with Gasteiger partial charge in [0.1, 0.15) is 41.5 Å². The first-order valence-corrected chi connectivity index (χ1v) is 12.9. The van der Waals surface area contributed by atoms with Crippen LogP contribution in [0.15, 0.2) is 60.7 Å². The molecule has 3 atom stereocenters. The van der Waals surface area contributed by atoms with E-state index in [2.05, 4.69) is 18.7 Å². The molecule has 5 rings (SSSR count). The molecule has 194 valence electrons. The number of nitrogens with zero attached hydrogens (tertiary/aromatic N) is 1. The summed E-state index contributed by atoms with van der Waals surface area (Å²) in [6.45, 7) is 9.44. The molecule has 0 spiro atoms. The van der Waals surface area contributed by atoms with E-state index in [1.807, 2.05) is 31.2 Å². The van der Waals surface area contributed by atoms with E-state index in [1.54, 1.807) is 43.5 Å². The quantitative estimate of drug-likeness (QED) is 0.397. The molecule has 0 aromatic heterocycles. The van der Waals surface area contributed by atoms with Crippen molar-refractivity contribution in [3.05, 3.63) is 77.4 Å². The second-order valence-corrected chi connectivity index (χ2v) is 10.2. The highest BCUT2D eigenvalue weighted by molar-refractivity contribution is 5.97. The van der Waals surface area contributed by atoms with Crippen molar-refractivity contribution in [2.45, 2.75) is 39.3 Å². The van der Waals surface area contributed by atoms with Crippen molar-refractivity contribution in [1.29, 1.82) is 0 Å². The third-order valence-corrected chi connectivity index (χ3v) is 7.50. The van der Waals surface area contributed by atoms with Gasteiger partial charge in [-0.25, -0.2) is 0 Å². The average molecular weight is 502 g/mol. The Kier molecular flexibility index (Phi) is 7.02. The Labute approximate surface area is 218 Å².